The van der Waals surface area contributed by atoms with Crippen LogP contribution in [-0.2, 0) is 9.59 Å². The first-order valence-corrected chi connectivity index (χ1v) is 18.8. The molecule has 4 aromatic rings. The van der Waals surface area contributed by atoms with Crippen molar-refractivity contribution < 1.29 is 28.7 Å². The molecule has 2 aromatic heterocycles. The van der Waals surface area contributed by atoms with Gasteiger partial charge in [-0.3, -0.25) is 19.2 Å². The number of carbonyl (C=O) groups is 4. The van der Waals surface area contributed by atoms with E-state index in [4.69, 9.17) is 9.47 Å². The number of amides is 2. The van der Waals surface area contributed by atoms with Gasteiger partial charge in [0.15, 0.2) is 0 Å². The molecule has 0 radical (unpaired) electrons. The quantitative estimate of drug-likeness (QED) is 0.0255. The number of benzene rings is 2. The number of aromatic nitrogens is 2. The predicted molar refractivity (Wildman–Crippen MR) is 206 cm³/mol. The molecule has 0 saturated carbocycles. The number of methoxy groups -OCH3 is 2. The fourth-order valence-electron chi connectivity index (χ4n) is 6.37. The van der Waals surface area contributed by atoms with Gasteiger partial charge in [0.2, 0.25) is 0 Å². The summed E-state index contributed by atoms with van der Waals surface area (Å²) >= 11 is 0. The Labute approximate surface area is 306 Å². The molecule has 0 saturated heterocycles. The number of nitrogens with one attached hydrogen (secondary N) is 6. The van der Waals surface area contributed by atoms with Crippen molar-refractivity contribution in [2.45, 2.75) is 77.0 Å². The van der Waals surface area contributed by atoms with Gasteiger partial charge in [-0.1, -0.05) is 75.6 Å². The maximum atomic E-state index is 12.6. The van der Waals surface area contributed by atoms with E-state index in [2.05, 4.69) is 31.2 Å². The normalized spacial score (nSPS) is 11.2. The molecular weight excluding hydrogens is 660 g/mol. The maximum Gasteiger partial charge on any atom is 0.292 e. The monoisotopic (exact) mass is 716 g/mol. The zero-order valence-corrected chi connectivity index (χ0v) is 30.8. The fraction of sp³-hybridized carbons (Fsp3) is 0.500. The first-order chi connectivity index (χ1) is 25.5. The maximum absolute atomic E-state index is 12.6. The van der Waals surface area contributed by atoms with Crippen LogP contribution >= 0.6 is 0 Å². The standard InChI is InChI=1S/C40H56N6O6/c1-51-33-19-13-17-29-31(27-45-35(29)33)37(47)39(49)43-25-15-23-41-21-11-9-7-5-3-4-6-8-10-12-22-42-24-16-26-44-40(50)38(48)32-28-46-36-30(32)18-14-20-34(36)52-2/h13-14,17-20,27-28,41-42,45-46H,3-12,15-16,21-26H2,1-2H3,(H,43,49)(H,44,50). The number of unbranched alkanes of at least 4 members (excludes halogenated alkanes) is 9. The molecule has 0 bridgehead atoms. The van der Waals surface area contributed by atoms with Gasteiger partial charge in [-0.25, -0.2) is 0 Å². The molecule has 12 heteroatoms. The van der Waals surface area contributed by atoms with E-state index < -0.39 is 23.4 Å². The lowest BCUT2D eigenvalue weighted by atomic mass is 10.1. The van der Waals surface area contributed by atoms with Crippen LogP contribution in [-0.4, -0.2) is 86.8 Å². The number of aromatic amines is 2. The lowest BCUT2D eigenvalue weighted by Crippen LogP contribution is -2.33. The highest BCUT2D eigenvalue weighted by Crippen LogP contribution is 2.28. The lowest BCUT2D eigenvalue weighted by molar-refractivity contribution is -0.117. The topological polar surface area (TPSA) is 166 Å². The average molecular weight is 717 g/mol. The van der Waals surface area contributed by atoms with Crippen LogP contribution in [0.3, 0.4) is 0 Å². The summed E-state index contributed by atoms with van der Waals surface area (Å²) in [5, 5.41) is 13.7. The second-order valence-corrected chi connectivity index (χ2v) is 13.1. The highest BCUT2D eigenvalue weighted by Gasteiger charge is 2.22. The number of fused-ring (bicyclic) bond motifs is 2. The summed E-state index contributed by atoms with van der Waals surface area (Å²) in [5.41, 5.74) is 2.12. The van der Waals surface area contributed by atoms with Crippen molar-refractivity contribution in [2.24, 2.45) is 0 Å². The molecule has 0 spiro atoms. The van der Waals surface area contributed by atoms with Crippen LogP contribution in [0.5, 0.6) is 11.5 Å². The number of hydrogen-bond donors (Lipinski definition) is 6. The Balaban J connectivity index is 0.877. The molecule has 2 heterocycles. The third-order valence-electron chi connectivity index (χ3n) is 9.28. The number of Topliss-reactive ketones (excluding diaryl/α,β-unsaturated/α-hetero) is 2. The molecule has 52 heavy (non-hydrogen) atoms. The van der Waals surface area contributed by atoms with E-state index in [0.29, 0.717) is 57.5 Å². The number of para-hydroxylation sites is 2. The van der Waals surface area contributed by atoms with Crippen LogP contribution in [0.4, 0.5) is 0 Å². The highest BCUT2D eigenvalue weighted by molar-refractivity contribution is 6.45. The van der Waals surface area contributed by atoms with E-state index in [1.54, 1.807) is 50.9 Å². The van der Waals surface area contributed by atoms with E-state index in [1.807, 2.05) is 12.1 Å². The number of ketones is 2. The Morgan fingerprint density at radius 2 is 0.865 bits per heavy atom. The van der Waals surface area contributed by atoms with Crippen LogP contribution in [0, 0.1) is 0 Å². The van der Waals surface area contributed by atoms with Crippen LogP contribution in [0.1, 0.15) is 97.8 Å². The number of hydrogen-bond acceptors (Lipinski definition) is 8. The molecule has 0 aliphatic rings. The zero-order valence-electron chi connectivity index (χ0n) is 30.8. The summed E-state index contributed by atoms with van der Waals surface area (Å²) in [7, 11) is 3.14. The average Bonchev–Trinajstić information content (AvgIpc) is 3.81. The van der Waals surface area contributed by atoms with Crippen LogP contribution in [0.15, 0.2) is 48.8 Å². The molecule has 0 aliphatic carbocycles. The highest BCUT2D eigenvalue weighted by atomic mass is 16.5. The lowest BCUT2D eigenvalue weighted by Gasteiger charge is -2.07. The van der Waals surface area contributed by atoms with Crippen molar-refractivity contribution in [3.8, 4) is 11.5 Å². The molecular formula is C40H56N6O6. The molecule has 0 aliphatic heterocycles. The Morgan fingerprint density at radius 1 is 0.500 bits per heavy atom. The second kappa shape index (κ2) is 22.3. The Hall–Kier alpha value is -4.68. The Bertz CT molecular complexity index is 1600. The summed E-state index contributed by atoms with van der Waals surface area (Å²) in [6.07, 6.45) is 17.1. The minimum absolute atomic E-state index is 0.351. The van der Waals surface area contributed by atoms with Crippen LogP contribution < -0.4 is 30.7 Å². The van der Waals surface area contributed by atoms with Gasteiger partial charge < -0.3 is 40.7 Å². The first kappa shape index (κ1) is 40.1. The van der Waals surface area contributed by atoms with Gasteiger partial charge in [0.1, 0.15) is 11.5 Å². The molecule has 0 atom stereocenters. The number of H-pyrrole nitrogens is 2. The second-order valence-electron chi connectivity index (χ2n) is 13.1. The van der Waals surface area contributed by atoms with Crippen LogP contribution in [0.25, 0.3) is 21.8 Å². The fourth-order valence-corrected chi connectivity index (χ4v) is 6.37. The van der Waals surface area contributed by atoms with Crippen molar-refractivity contribution in [2.75, 3.05) is 53.5 Å². The summed E-state index contributed by atoms with van der Waals surface area (Å²) in [5.74, 6) is -1.01. The van der Waals surface area contributed by atoms with Gasteiger partial charge in [0.05, 0.1) is 36.4 Å². The summed E-state index contributed by atoms with van der Waals surface area (Å²) < 4.78 is 10.6. The Morgan fingerprint density at radius 3 is 1.25 bits per heavy atom. The third-order valence-corrected chi connectivity index (χ3v) is 9.28. The summed E-state index contributed by atoms with van der Waals surface area (Å²) in [6.45, 7) is 4.45. The van der Waals surface area contributed by atoms with Gasteiger partial charge in [0.25, 0.3) is 23.4 Å². The van der Waals surface area contributed by atoms with E-state index in [1.165, 1.54) is 51.4 Å². The molecule has 2 amide bonds. The minimum Gasteiger partial charge on any atom is -0.495 e. The SMILES string of the molecule is COc1cccc2c(C(=O)C(=O)NCCCNCCCCCCCCCCCCNCCCNC(=O)C(=O)c3c[nH]c4c(OC)cccc34)c[nH]c12. The third kappa shape index (κ3) is 11.9. The zero-order chi connectivity index (χ0) is 37.0. The van der Waals surface area contributed by atoms with Crippen molar-refractivity contribution >= 4 is 45.2 Å². The molecule has 0 fully saturated rings. The molecule has 4 rings (SSSR count). The van der Waals surface area contributed by atoms with E-state index in [0.717, 1.165) is 51.9 Å². The molecule has 2 aromatic carbocycles. The van der Waals surface area contributed by atoms with Crippen molar-refractivity contribution in [3.05, 3.63) is 59.9 Å². The smallest absolute Gasteiger partial charge is 0.292 e. The minimum atomic E-state index is -0.589. The summed E-state index contributed by atoms with van der Waals surface area (Å²) in [6, 6.07) is 10.8. The van der Waals surface area contributed by atoms with E-state index in [-0.39, 0.29) is 0 Å². The van der Waals surface area contributed by atoms with Crippen molar-refractivity contribution in [3.63, 3.8) is 0 Å². The first-order valence-electron chi connectivity index (χ1n) is 18.8. The number of rotatable bonds is 27. The number of ether oxygens (including phenoxy) is 2. The van der Waals surface area contributed by atoms with Crippen molar-refractivity contribution in [1.29, 1.82) is 0 Å². The van der Waals surface area contributed by atoms with Gasteiger partial charge in [-0.15, -0.1) is 0 Å². The summed E-state index contributed by atoms with van der Waals surface area (Å²) in [4.78, 5) is 56.1. The van der Waals surface area contributed by atoms with Crippen molar-refractivity contribution in [1.82, 2.24) is 31.2 Å². The van der Waals surface area contributed by atoms with Gasteiger partial charge in [-0.05, 0) is 64.0 Å². The molecule has 0 unspecified atom stereocenters. The van der Waals surface area contributed by atoms with E-state index in [9.17, 15) is 19.2 Å². The van der Waals surface area contributed by atoms with E-state index >= 15 is 0 Å². The molecule has 6 N–H and O–H groups in total. The predicted octanol–water partition coefficient (Wildman–Crippen LogP) is 5.82. The van der Waals surface area contributed by atoms with Gasteiger partial charge >= 0.3 is 0 Å². The Kier molecular flexibility index (Phi) is 17.2. The van der Waals surface area contributed by atoms with Gasteiger partial charge in [-0.2, -0.15) is 0 Å². The van der Waals surface area contributed by atoms with Gasteiger partial charge in [0, 0.05) is 36.3 Å². The molecule has 282 valence electrons. The largest absolute Gasteiger partial charge is 0.495 e. The van der Waals surface area contributed by atoms with Crippen LogP contribution in [0.2, 0.25) is 0 Å². The molecule has 12 nitrogen and oxygen atoms in total. The number of carbonyl (C=O) groups excluding carboxylic acids is 4.